The Hall–Kier alpha value is -3.29. The summed E-state index contributed by atoms with van der Waals surface area (Å²) >= 11 is 0. The monoisotopic (exact) mass is 485 g/mol. The summed E-state index contributed by atoms with van der Waals surface area (Å²) in [5.41, 5.74) is 2.04. The molecule has 2 aromatic rings. The third kappa shape index (κ3) is 6.24. The summed E-state index contributed by atoms with van der Waals surface area (Å²) in [6, 6.07) is 14.9. The van der Waals surface area contributed by atoms with Gasteiger partial charge >= 0.3 is 12.1 Å². The van der Waals surface area contributed by atoms with Crippen molar-refractivity contribution in [2.75, 3.05) is 13.7 Å². The van der Waals surface area contributed by atoms with E-state index < -0.39 is 17.7 Å². The van der Waals surface area contributed by atoms with E-state index >= 15 is 0 Å². The number of nitrogens with zero attached hydrogens (tertiary/aromatic N) is 2. The summed E-state index contributed by atoms with van der Waals surface area (Å²) in [7, 11) is 1.34. The Morgan fingerprint density at radius 3 is 2.49 bits per heavy atom. The Morgan fingerprint density at radius 1 is 1.11 bits per heavy atom. The van der Waals surface area contributed by atoms with E-state index in [0.717, 1.165) is 37.0 Å². The lowest BCUT2D eigenvalue weighted by molar-refractivity contribution is -0.138. The van der Waals surface area contributed by atoms with Gasteiger partial charge in [0.25, 0.3) is 0 Å². The minimum atomic E-state index is -4.43. The molecule has 5 nitrogen and oxygen atoms in total. The van der Waals surface area contributed by atoms with E-state index in [1.807, 2.05) is 37.3 Å². The fourth-order valence-electron chi connectivity index (χ4n) is 4.30. The highest BCUT2D eigenvalue weighted by molar-refractivity contribution is 5.95. The lowest BCUT2D eigenvalue weighted by Crippen LogP contribution is -2.52. The van der Waals surface area contributed by atoms with Crippen molar-refractivity contribution in [3.63, 3.8) is 0 Å². The number of ether oxygens (including phenoxy) is 1. The van der Waals surface area contributed by atoms with Crippen LogP contribution in [-0.2, 0) is 28.7 Å². The van der Waals surface area contributed by atoms with Gasteiger partial charge in [-0.1, -0.05) is 42.5 Å². The molecule has 0 aromatic heterocycles. The highest BCUT2D eigenvalue weighted by Gasteiger charge is 2.35. The van der Waals surface area contributed by atoms with Crippen molar-refractivity contribution < 1.29 is 22.7 Å². The molecule has 0 radical (unpaired) electrons. The smallest absolute Gasteiger partial charge is 0.416 e. The Morgan fingerprint density at radius 2 is 1.83 bits per heavy atom. The van der Waals surface area contributed by atoms with Gasteiger partial charge in [0.2, 0.25) is 0 Å². The first-order valence-electron chi connectivity index (χ1n) is 11.8. The molecule has 1 unspecified atom stereocenters. The first kappa shape index (κ1) is 24.8. The second-order valence-electron chi connectivity index (χ2n) is 9.10. The van der Waals surface area contributed by atoms with Crippen molar-refractivity contribution in [1.29, 1.82) is 0 Å². The fourth-order valence-corrected chi connectivity index (χ4v) is 4.30. The average molecular weight is 486 g/mol. The van der Waals surface area contributed by atoms with E-state index in [1.165, 1.54) is 13.2 Å². The number of rotatable bonds is 8. The number of allylic oxidation sites excluding steroid dienone is 1. The van der Waals surface area contributed by atoms with Crippen LogP contribution in [0.2, 0.25) is 0 Å². The molecule has 0 bridgehead atoms. The van der Waals surface area contributed by atoms with Gasteiger partial charge in [-0.2, -0.15) is 13.2 Å². The first-order valence-corrected chi connectivity index (χ1v) is 11.8. The summed E-state index contributed by atoms with van der Waals surface area (Å²) in [5.74, 6) is 0.662. The van der Waals surface area contributed by atoms with E-state index in [1.54, 1.807) is 11.0 Å². The number of hydrogen-bond acceptors (Lipinski definition) is 3. The number of carbonyl (C=O) groups is 1. The fraction of sp³-hybridized carbons (Fsp3) is 0.407. The lowest BCUT2D eigenvalue weighted by Gasteiger charge is -2.38. The number of benzene rings is 2. The van der Waals surface area contributed by atoms with Crippen molar-refractivity contribution in [1.82, 2.24) is 10.2 Å². The van der Waals surface area contributed by atoms with Gasteiger partial charge in [-0.15, -0.1) is 0 Å². The zero-order chi connectivity index (χ0) is 25.0. The molecule has 4 rings (SSSR count). The van der Waals surface area contributed by atoms with Crippen LogP contribution in [0.4, 0.5) is 13.2 Å². The Kier molecular flexibility index (Phi) is 7.48. The average Bonchev–Trinajstić information content (AvgIpc) is 3.67. The molecule has 1 N–H and O–H groups in total. The number of esters is 1. The maximum absolute atomic E-state index is 13.3. The number of carbonyl (C=O) groups excluding carboxylic acids is 1. The van der Waals surface area contributed by atoms with Gasteiger partial charge in [0.15, 0.2) is 5.96 Å². The molecule has 0 saturated heterocycles. The molecule has 1 atom stereocenters. The Labute approximate surface area is 203 Å². The molecule has 8 heteroatoms. The number of nitrogens with one attached hydrogen (secondary N) is 1. The highest BCUT2D eigenvalue weighted by Crippen LogP contribution is 2.32. The van der Waals surface area contributed by atoms with Gasteiger partial charge in [-0.25, -0.2) is 4.79 Å². The molecular formula is C27H30F3N3O2. The highest BCUT2D eigenvalue weighted by atomic mass is 19.4. The van der Waals surface area contributed by atoms with E-state index in [2.05, 4.69) is 5.32 Å². The van der Waals surface area contributed by atoms with Gasteiger partial charge < -0.3 is 15.0 Å². The maximum Gasteiger partial charge on any atom is 0.416 e. The largest absolute Gasteiger partial charge is 0.466 e. The number of aliphatic imine (C=N–C) groups is 1. The minimum absolute atomic E-state index is 0.151. The summed E-state index contributed by atoms with van der Waals surface area (Å²) in [6.45, 7) is 2.61. The number of aryl methyl sites for hydroxylation is 1. The molecule has 1 fully saturated rings. The van der Waals surface area contributed by atoms with Crippen LogP contribution in [0, 0.1) is 5.92 Å². The molecule has 1 aliphatic heterocycles. The van der Waals surface area contributed by atoms with Crippen LogP contribution in [0.15, 0.2) is 70.9 Å². The van der Waals surface area contributed by atoms with Crippen molar-refractivity contribution in [2.24, 2.45) is 10.9 Å². The maximum atomic E-state index is 13.3. The van der Waals surface area contributed by atoms with Gasteiger partial charge in [-0.3, -0.25) is 4.99 Å². The lowest BCUT2D eigenvalue weighted by atomic mass is 9.95. The molecule has 2 aliphatic rings. The zero-order valence-corrected chi connectivity index (χ0v) is 19.9. The number of guanidine groups is 1. The number of halogens is 3. The van der Waals surface area contributed by atoms with Crippen LogP contribution in [0.1, 0.15) is 42.9 Å². The molecule has 1 heterocycles. The molecule has 35 heavy (non-hydrogen) atoms. The molecule has 2 aromatic carbocycles. The van der Waals surface area contributed by atoms with Gasteiger partial charge in [0.05, 0.1) is 30.8 Å². The number of methoxy groups -OCH3 is 1. The number of hydrogen-bond donors (Lipinski definition) is 1. The number of alkyl halides is 3. The summed E-state index contributed by atoms with van der Waals surface area (Å²) in [5, 5.41) is 3.41. The van der Waals surface area contributed by atoms with Crippen molar-refractivity contribution >= 4 is 11.9 Å². The van der Waals surface area contributed by atoms with Crippen molar-refractivity contribution in [3.8, 4) is 0 Å². The van der Waals surface area contributed by atoms with E-state index in [0.29, 0.717) is 41.7 Å². The molecule has 1 saturated carbocycles. The van der Waals surface area contributed by atoms with Crippen molar-refractivity contribution in [2.45, 2.75) is 51.4 Å². The normalized spacial score (nSPS) is 19.6. The minimum Gasteiger partial charge on any atom is -0.466 e. The molecule has 186 valence electrons. The van der Waals surface area contributed by atoms with E-state index in [4.69, 9.17) is 9.73 Å². The van der Waals surface area contributed by atoms with Gasteiger partial charge in [0, 0.05) is 12.2 Å². The molecule has 1 aliphatic carbocycles. The van der Waals surface area contributed by atoms with Gasteiger partial charge in [-0.05, 0) is 61.8 Å². The van der Waals surface area contributed by atoms with Crippen LogP contribution in [0.3, 0.4) is 0 Å². The summed E-state index contributed by atoms with van der Waals surface area (Å²) in [6.07, 6.45) is -0.779. The Bertz CT molecular complexity index is 1110. The van der Waals surface area contributed by atoms with E-state index in [-0.39, 0.29) is 12.6 Å². The van der Waals surface area contributed by atoms with E-state index in [9.17, 15) is 18.0 Å². The predicted molar refractivity (Wildman–Crippen MR) is 128 cm³/mol. The van der Waals surface area contributed by atoms with Crippen molar-refractivity contribution in [3.05, 3.63) is 82.6 Å². The topological polar surface area (TPSA) is 53.9 Å². The quantitative estimate of drug-likeness (QED) is 0.514. The van der Waals surface area contributed by atoms with Crippen LogP contribution < -0.4 is 5.32 Å². The first-order chi connectivity index (χ1) is 16.8. The predicted octanol–water partition coefficient (Wildman–Crippen LogP) is 5.33. The third-order valence-corrected chi connectivity index (χ3v) is 6.46. The van der Waals surface area contributed by atoms with Crippen LogP contribution in [0.25, 0.3) is 0 Å². The van der Waals surface area contributed by atoms with Crippen LogP contribution >= 0.6 is 0 Å². The van der Waals surface area contributed by atoms with Gasteiger partial charge in [0.1, 0.15) is 0 Å². The second-order valence-corrected chi connectivity index (χ2v) is 9.10. The molecular weight excluding hydrogens is 455 g/mol. The SMILES string of the molecule is COC(=O)C1=C(C)N(Cc2cccc(C(F)(F)F)c2)C(=NCC2CC2)NC1CCc1ccccc1. The zero-order valence-electron chi connectivity index (χ0n) is 19.9. The van der Waals surface area contributed by atoms with Crippen LogP contribution in [0.5, 0.6) is 0 Å². The third-order valence-electron chi connectivity index (χ3n) is 6.46. The molecule has 0 spiro atoms. The molecule has 0 amide bonds. The Balaban J connectivity index is 1.66. The summed E-state index contributed by atoms with van der Waals surface area (Å²) < 4.78 is 45.0. The standard InChI is InChI=1S/C27H30F3N3O2/c1-18-24(25(34)35-2)23(14-13-19-7-4-3-5-8-19)32-26(31-16-20-11-12-20)33(18)17-21-9-6-10-22(15-21)27(28,29)30/h3-10,15,20,23H,11-14,16-17H2,1-2H3,(H,31,32). The summed E-state index contributed by atoms with van der Waals surface area (Å²) in [4.78, 5) is 19.4. The van der Waals surface area contributed by atoms with Crippen LogP contribution in [-0.4, -0.2) is 36.5 Å². The second kappa shape index (κ2) is 10.5.